The lowest BCUT2D eigenvalue weighted by Gasteiger charge is -2.06. The first-order valence-corrected chi connectivity index (χ1v) is 6.92. The van der Waals surface area contributed by atoms with Crippen molar-refractivity contribution in [2.75, 3.05) is 0 Å². The van der Waals surface area contributed by atoms with E-state index < -0.39 is 5.97 Å². The largest absolute Gasteiger partial charge is 0.462 e. The summed E-state index contributed by atoms with van der Waals surface area (Å²) in [6.07, 6.45) is 1.17. The molecule has 0 aliphatic heterocycles. The highest BCUT2D eigenvalue weighted by molar-refractivity contribution is 6.30. The minimum atomic E-state index is -0.473. The Hall–Kier alpha value is -2.59. The van der Waals surface area contributed by atoms with Crippen LogP contribution < -0.4 is 10.2 Å². The van der Waals surface area contributed by atoms with E-state index >= 15 is 0 Å². The summed E-state index contributed by atoms with van der Waals surface area (Å²) in [4.78, 5) is 23.9. The van der Waals surface area contributed by atoms with Gasteiger partial charge < -0.3 is 9.15 Å². The quantitative estimate of drug-likeness (QED) is 0.530. The molecule has 2 aromatic carbocycles. The number of ether oxygens (including phenoxy) is 1. The maximum absolute atomic E-state index is 12.1. The number of carbonyl (C=O) groups is 1. The first kappa shape index (κ1) is 14.4. The summed E-state index contributed by atoms with van der Waals surface area (Å²) < 4.78 is 10.5. The van der Waals surface area contributed by atoms with Crippen molar-refractivity contribution in [1.29, 1.82) is 0 Å². The number of hydrogen-bond donors (Lipinski definition) is 0. The number of carbonyl (C=O) groups excluding carboxylic acids is 1. The molecule has 22 heavy (non-hydrogen) atoms. The zero-order chi connectivity index (χ0) is 15.7. The number of rotatable bonds is 2. The molecule has 4 nitrogen and oxygen atoms in total. The summed E-state index contributed by atoms with van der Waals surface area (Å²) in [5, 5.41) is 0.347. The van der Waals surface area contributed by atoms with Crippen LogP contribution in [0.25, 0.3) is 11.0 Å². The molecular formula is C17H11ClO4. The summed E-state index contributed by atoms with van der Waals surface area (Å²) in [5.41, 5.74) is 1.41. The molecule has 0 aliphatic rings. The summed E-state index contributed by atoms with van der Waals surface area (Å²) in [5.74, 6) is -0.177. The van der Waals surface area contributed by atoms with E-state index in [1.807, 2.05) is 13.0 Å². The lowest BCUT2D eigenvalue weighted by Crippen LogP contribution is -2.09. The molecular weight excluding hydrogens is 304 g/mol. The normalized spacial score (nSPS) is 10.6. The van der Waals surface area contributed by atoms with Crippen molar-refractivity contribution >= 4 is 28.5 Å². The molecule has 0 saturated carbocycles. The van der Waals surface area contributed by atoms with Gasteiger partial charge in [0, 0.05) is 6.07 Å². The summed E-state index contributed by atoms with van der Waals surface area (Å²) >= 11 is 5.72. The Bertz CT molecular complexity index is 927. The number of benzene rings is 2. The molecule has 0 atom stereocenters. The van der Waals surface area contributed by atoms with Gasteiger partial charge in [-0.3, -0.25) is 4.79 Å². The van der Waals surface area contributed by atoms with Gasteiger partial charge in [-0.15, -0.1) is 0 Å². The predicted molar refractivity (Wildman–Crippen MR) is 83.6 cm³/mol. The zero-order valence-electron chi connectivity index (χ0n) is 11.6. The maximum atomic E-state index is 12.1. The molecule has 0 spiro atoms. The molecule has 0 N–H and O–H groups in total. The molecule has 5 heteroatoms. The standard InChI is InChI=1S/C17H11ClO4/c1-10-3-2-4-11(7-10)17(20)22-12-5-6-13-15(8-12)21-9-14(18)16(13)19/h2-9H,1H3. The average molecular weight is 315 g/mol. The first-order chi connectivity index (χ1) is 10.5. The Balaban J connectivity index is 1.93. The Morgan fingerprint density at radius 3 is 2.77 bits per heavy atom. The minimum absolute atomic E-state index is 0.0111. The van der Waals surface area contributed by atoms with Crippen LogP contribution in [0.5, 0.6) is 5.75 Å². The monoisotopic (exact) mass is 314 g/mol. The van der Waals surface area contributed by atoms with Crippen molar-refractivity contribution in [2.45, 2.75) is 6.92 Å². The average Bonchev–Trinajstić information content (AvgIpc) is 2.51. The van der Waals surface area contributed by atoms with Crippen molar-refractivity contribution in [1.82, 2.24) is 0 Å². The minimum Gasteiger partial charge on any atom is -0.462 e. The van der Waals surface area contributed by atoms with Crippen LogP contribution in [-0.2, 0) is 0 Å². The molecule has 0 bridgehead atoms. The van der Waals surface area contributed by atoms with Crippen molar-refractivity contribution in [3.8, 4) is 5.75 Å². The van der Waals surface area contributed by atoms with Crippen molar-refractivity contribution in [3.63, 3.8) is 0 Å². The van der Waals surface area contributed by atoms with Crippen LogP contribution in [0.4, 0.5) is 0 Å². The lowest BCUT2D eigenvalue weighted by atomic mass is 10.1. The van der Waals surface area contributed by atoms with Gasteiger partial charge in [-0.25, -0.2) is 4.79 Å². The van der Waals surface area contributed by atoms with Gasteiger partial charge >= 0.3 is 5.97 Å². The summed E-state index contributed by atoms with van der Waals surface area (Å²) in [6.45, 7) is 1.89. The molecule has 3 aromatic rings. The van der Waals surface area contributed by atoms with Crippen LogP contribution in [0.3, 0.4) is 0 Å². The second-order valence-corrected chi connectivity index (χ2v) is 5.24. The molecule has 3 rings (SSSR count). The van der Waals surface area contributed by atoms with Gasteiger partial charge in [0.2, 0.25) is 5.43 Å². The van der Waals surface area contributed by atoms with E-state index in [4.69, 9.17) is 20.8 Å². The molecule has 0 aliphatic carbocycles. The molecule has 0 radical (unpaired) electrons. The Morgan fingerprint density at radius 1 is 1.18 bits per heavy atom. The Kier molecular flexibility index (Phi) is 3.69. The third kappa shape index (κ3) is 2.73. The fourth-order valence-corrected chi connectivity index (χ4v) is 2.23. The number of esters is 1. The second kappa shape index (κ2) is 5.66. The Labute approximate surface area is 130 Å². The summed E-state index contributed by atoms with van der Waals surface area (Å²) in [7, 11) is 0. The molecule has 1 aromatic heterocycles. The van der Waals surface area contributed by atoms with E-state index in [0.717, 1.165) is 5.56 Å². The lowest BCUT2D eigenvalue weighted by molar-refractivity contribution is 0.0735. The highest BCUT2D eigenvalue weighted by Crippen LogP contribution is 2.21. The van der Waals surface area contributed by atoms with Gasteiger partial charge in [-0.2, -0.15) is 0 Å². The SMILES string of the molecule is Cc1cccc(C(=O)Oc2ccc3c(=O)c(Cl)coc3c2)c1. The Morgan fingerprint density at radius 2 is 2.00 bits per heavy atom. The van der Waals surface area contributed by atoms with Gasteiger partial charge in [0.1, 0.15) is 22.6 Å². The number of hydrogen-bond acceptors (Lipinski definition) is 4. The van der Waals surface area contributed by atoms with Gasteiger partial charge in [-0.05, 0) is 31.2 Å². The molecule has 0 saturated heterocycles. The molecule has 0 fully saturated rings. The van der Waals surface area contributed by atoms with Gasteiger partial charge in [0.25, 0.3) is 0 Å². The molecule has 0 amide bonds. The van der Waals surface area contributed by atoms with E-state index in [1.54, 1.807) is 18.2 Å². The molecule has 0 unspecified atom stereocenters. The van der Waals surface area contributed by atoms with Crippen LogP contribution in [-0.4, -0.2) is 5.97 Å². The van der Waals surface area contributed by atoms with Crippen LogP contribution in [0.2, 0.25) is 5.02 Å². The third-order valence-electron chi connectivity index (χ3n) is 3.17. The summed E-state index contributed by atoms with van der Waals surface area (Å²) in [6, 6.07) is 11.6. The van der Waals surface area contributed by atoms with Crippen LogP contribution in [0.1, 0.15) is 15.9 Å². The predicted octanol–water partition coefficient (Wildman–Crippen LogP) is 3.97. The van der Waals surface area contributed by atoms with Gasteiger partial charge in [-0.1, -0.05) is 29.3 Å². The number of fused-ring (bicyclic) bond motifs is 1. The van der Waals surface area contributed by atoms with Gasteiger partial charge in [0.05, 0.1) is 10.9 Å². The van der Waals surface area contributed by atoms with E-state index in [-0.39, 0.29) is 10.5 Å². The van der Waals surface area contributed by atoms with E-state index in [1.165, 1.54) is 24.5 Å². The first-order valence-electron chi connectivity index (χ1n) is 6.54. The van der Waals surface area contributed by atoms with Gasteiger partial charge in [0.15, 0.2) is 0 Å². The highest BCUT2D eigenvalue weighted by atomic mass is 35.5. The van der Waals surface area contributed by atoms with Crippen molar-refractivity contribution < 1.29 is 13.9 Å². The molecule has 1 heterocycles. The number of halogens is 1. The van der Waals surface area contributed by atoms with E-state index in [2.05, 4.69) is 0 Å². The van der Waals surface area contributed by atoms with Crippen molar-refractivity contribution in [2.24, 2.45) is 0 Å². The maximum Gasteiger partial charge on any atom is 0.343 e. The van der Waals surface area contributed by atoms with Crippen LogP contribution in [0, 0.1) is 6.92 Å². The fraction of sp³-hybridized carbons (Fsp3) is 0.0588. The smallest absolute Gasteiger partial charge is 0.343 e. The molecule has 110 valence electrons. The topological polar surface area (TPSA) is 56.5 Å². The van der Waals surface area contributed by atoms with Crippen molar-refractivity contribution in [3.05, 3.63) is 75.1 Å². The zero-order valence-corrected chi connectivity index (χ0v) is 12.4. The van der Waals surface area contributed by atoms with Crippen LogP contribution in [0.15, 0.2) is 57.9 Å². The van der Waals surface area contributed by atoms with E-state index in [9.17, 15) is 9.59 Å². The fourth-order valence-electron chi connectivity index (χ4n) is 2.09. The number of aryl methyl sites for hydroxylation is 1. The van der Waals surface area contributed by atoms with E-state index in [0.29, 0.717) is 22.3 Å². The van der Waals surface area contributed by atoms with Crippen LogP contribution >= 0.6 is 11.6 Å². The second-order valence-electron chi connectivity index (χ2n) is 4.83. The highest BCUT2D eigenvalue weighted by Gasteiger charge is 2.11. The third-order valence-corrected chi connectivity index (χ3v) is 3.43.